The van der Waals surface area contributed by atoms with E-state index in [0.29, 0.717) is 18.6 Å². The molecule has 3 nitrogen and oxygen atoms in total. The molecule has 1 atom stereocenters. The minimum Gasteiger partial charge on any atom is -0.493 e. The van der Waals surface area contributed by atoms with Crippen molar-refractivity contribution >= 4 is 0 Å². The first kappa shape index (κ1) is 17.8. The molecule has 0 fully saturated rings. The fraction of sp³-hybridized carbons (Fsp3) is 0.455. The molecule has 1 aliphatic heterocycles. The molecule has 3 heteroatoms. The van der Waals surface area contributed by atoms with E-state index in [-0.39, 0.29) is 0 Å². The molecule has 25 heavy (non-hydrogen) atoms. The van der Waals surface area contributed by atoms with E-state index in [0.717, 1.165) is 36.4 Å². The molecule has 0 spiro atoms. The zero-order valence-corrected chi connectivity index (χ0v) is 15.8. The third kappa shape index (κ3) is 4.16. The highest BCUT2D eigenvalue weighted by molar-refractivity contribution is 5.49. The molecule has 1 aliphatic rings. The molecule has 0 saturated carbocycles. The van der Waals surface area contributed by atoms with E-state index in [1.807, 2.05) is 18.2 Å². The van der Waals surface area contributed by atoms with Gasteiger partial charge in [-0.25, -0.2) is 0 Å². The first-order chi connectivity index (χ1) is 12.1. The summed E-state index contributed by atoms with van der Waals surface area (Å²) in [6, 6.07) is 15.1. The summed E-state index contributed by atoms with van der Waals surface area (Å²) in [7, 11) is 3.95. The van der Waals surface area contributed by atoms with Crippen LogP contribution in [0.15, 0.2) is 42.5 Å². The van der Waals surface area contributed by atoms with Crippen molar-refractivity contribution in [1.29, 1.82) is 0 Å². The molecule has 0 radical (unpaired) electrons. The normalized spacial score (nSPS) is 17.4. The summed E-state index contributed by atoms with van der Waals surface area (Å²) < 4.78 is 11.7. The molecule has 1 heterocycles. The number of rotatable bonds is 6. The highest BCUT2D eigenvalue weighted by atomic mass is 16.5. The van der Waals surface area contributed by atoms with Crippen LogP contribution in [0, 0.1) is 5.92 Å². The number of hydrogen-bond acceptors (Lipinski definition) is 3. The van der Waals surface area contributed by atoms with Gasteiger partial charge in [-0.05, 0) is 54.6 Å². The van der Waals surface area contributed by atoms with Crippen molar-refractivity contribution in [3.63, 3.8) is 0 Å². The van der Waals surface area contributed by atoms with E-state index in [1.54, 1.807) is 7.11 Å². The zero-order valence-electron chi connectivity index (χ0n) is 15.8. The Kier molecular flexibility index (Phi) is 5.64. The minimum atomic E-state index is 0.453. The number of hydrogen-bond donors (Lipinski definition) is 0. The summed E-state index contributed by atoms with van der Waals surface area (Å²) in [5.41, 5.74) is 3.96. The molecule has 0 bridgehead atoms. The summed E-state index contributed by atoms with van der Waals surface area (Å²) in [5.74, 6) is 2.34. The van der Waals surface area contributed by atoms with Gasteiger partial charge in [0.2, 0.25) is 0 Å². The smallest absolute Gasteiger partial charge is 0.162 e. The summed E-state index contributed by atoms with van der Waals surface area (Å²) in [6.45, 7) is 6.23. The second-order valence-electron chi connectivity index (χ2n) is 7.35. The lowest BCUT2D eigenvalue weighted by molar-refractivity contribution is 0.200. The Morgan fingerprint density at radius 3 is 2.56 bits per heavy atom. The van der Waals surface area contributed by atoms with Crippen molar-refractivity contribution in [3.05, 3.63) is 59.2 Å². The molecule has 0 aliphatic carbocycles. The quantitative estimate of drug-likeness (QED) is 0.751. The van der Waals surface area contributed by atoms with Crippen molar-refractivity contribution in [3.8, 4) is 11.5 Å². The van der Waals surface area contributed by atoms with Gasteiger partial charge in [0, 0.05) is 12.6 Å². The van der Waals surface area contributed by atoms with Crippen LogP contribution < -0.4 is 9.47 Å². The topological polar surface area (TPSA) is 21.7 Å². The maximum Gasteiger partial charge on any atom is 0.162 e. The zero-order chi connectivity index (χ0) is 17.8. The average Bonchev–Trinajstić information content (AvgIpc) is 2.62. The Labute approximate surface area is 151 Å². The third-order valence-corrected chi connectivity index (χ3v) is 4.98. The lowest BCUT2D eigenvalue weighted by Crippen LogP contribution is -2.33. The molecule has 0 saturated heterocycles. The van der Waals surface area contributed by atoms with E-state index >= 15 is 0 Å². The van der Waals surface area contributed by atoms with Crippen LogP contribution in [0.2, 0.25) is 0 Å². The standard InChI is InChI=1S/C22H29NO2/c1-16(2)12-20-19-14-22(25-15-17-8-6-5-7-9-17)21(24-4)13-18(19)10-11-23(20)3/h5-9,13-14,16,20H,10-12,15H2,1-4H3. The van der Waals surface area contributed by atoms with Gasteiger partial charge in [0.1, 0.15) is 6.61 Å². The van der Waals surface area contributed by atoms with Gasteiger partial charge in [-0.1, -0.05) is 44.2 Å². The Morgan fingerprint density at radius 2 is 1.88 bits per heavy atom. The molecule has 3 rings (SSSR count). The average molecular weight is 339 g/mol. The van der Waals surface area contributed by atoms with E-state index in [4.69, 9.17) is 9.47 Å². The van der Waals surface area contributed by atoms with Crippen LogP contribution in [-0.2, 0) is 13.0 Å². The van der Waals surface area contributed by atoms with Gasteiger partial charge < -0.3 is 9.47 Å². The molecule has 134 valence electrons. The molecular formula is C22H29NO2. The summed E-state index contributed by atoms with van der Waals surface area (Å²) in [4.78, 5) is 2.47. The lowest BCUT2D eigenvalue weighted by atomic mass is 9.87. The van der Waals surface area contributed by atoms with Crippen molar-refractivity contribution in [2.45, 2.75) is 39.3 Å². The van der Waals surface area contributed by atoms with Gasteiger partial charge >= 0.3 is 0 Å². The Bertz CT molecular complexity index is 697. The highest BCUT2D eigenvalue weighted by Gasteiger charge is 2.27. The van der Waals surface area contributed by atoms with Crippen LogP contribution >= 0.6 is 0 Å². The van der Waals surface area contributed by atoms with Crippen LogP contribution in [0.1, 0.15) is 43.0 Å². The van der Waals surface area contributed by atoms with Gasteiger partial charge in [-0.3, -0.25) is 4.90 Å². The van der Waals surface area contributed by atoms with Gasteiger partial charge in [0.25, 0.3) is 0 Å². The van der Waals surface area contributed by atoms with Gasteiger partial charge in [0.15, 0.2) is 11.5 Å². The van der Waals surface area contributed by atoms with Crippen molar-refractivity contribution in [2.75, 3.05) is 20.7 Å². The van der Waals surface area contributed by atoms with E-state index in [2.05, 4.69) is 50.1 Å². The number of likely N-dealkylation sites (N-methyl/N-ethyl adjacent to an activating group) is 1. The van der Waals surface area contributed by atoms with Crippen LogP contribution in [0.5, 0.6) is 11.5 Å². The van der Waals surface area contributed by atoms with E-state index < -0.39 is 0 Å². The van der Waals surface area contributed by atoms with Crippen LogP contribution in [0.3, 0.4) is 0 Å². The summed E-state index contributed by atoms with van der Waals surface area (Å²) in [6.07, 6.45) is 2.23. The molecule has 2 aromatic rings. The molecule has 0 aromatic heterocycles. The van der Waals surface area contributed by atoms with Crippen LogP contribution in [0.4, 0.5) is 0 Å². The van der Waals surface area contributed by atoms with Gasteiger partial charge in [-0.15, -0.1) is 0 Å². The van der Waals surface area contributed by atoms with Crippen LogP contribution in [0.25, 0.3) is 0 Å². The summed E-state index contributed by atoms with van der Waals surface area (Å²) in [5, 5.41) is 0. The Hall–Kier alpha value is -2.00. The molecule has 0 N–H and O–H groups in total. The highest BCUT2D eigenvalue weighted by Crippen LogP contribution is 2.40. The maximum absolute atomic E-state index is 6.13. The van der Waals surface area contributed by atoms with Crippen molar-refractivity contribution in [1.82, 2.24) is 4.90 Å². The van der Waals surface area contributed by atoms with Gasteiger partial charge in [-0.2, -0.15) is 0 Å². The lowest BCUT2D eigenvalue weighted by Gasteiger charge is -2.36. The largest absolute Gasteiger partial charge is 0.493 e. The number of fused-ring (bicyclic) bond motifs is 1. The molecular weight excluding hydrogens is 310 g/mol. The Morgan fingerprint density at radius 1 is 1.12 bits per heavy atom. The fourth-order valence-corrected chi connectivity index (χ4v) is 3.60. The predicted molar refractivity (Wildman–Crippen MR) is 102 cm³/mol. The van der Waals surface area contributed by atoms with Crippen molar-refractivity contribution in [2.24, 2.45) is 5.92 Å². The third-order valence-electron chi connectivity index (χ3n) is 4.98. The molecule has 1 unspecified atom stereocenters. The van der Waals surface area contributed by atoms with Crippen LogP contribution in [-0.4, -0.2) is 25.6 Å². The molecule has 2 aromatic carbocycles. The first-order valence-electron chi connectivity index (χ1n) is 9.16. The summed E-state index contributed by atoms with van der Waals surface area (Å²) >= 11 is 0. The fourth-order valence-electron chi connectivity index (χ4n) is 3.60. The second-order valence-corrected chi connectivity index (χ2v) is 7.35. The second kappa shape index (κ2) is 7.92. The van der Waals surface area contributed by atoms with Gasteiger partial charge in [0.05, 0.1) is 7.11 Å². The molecule has 0 amide bonds. The predicted octanol–water partition coefficient (Wildman–Crippen LogP) is 4.85. The number of nitrogens with zero attached hydrogens (tertiary/aromatic N) is 1. The number of methoxy groups -OCH3 is 1. The number of ether oxygens (including phenoxy) is 2. The minimum absolute atomic E-state index is 0.453. The van der Waals surface area contributed by atoms with E-state index in [9.17, 15) is 0 Å². The Balaban J connectivity index is 1.89. The van der Waals surface area contributed by atoms with E-state index in [1.165, 1.54) is 11.1 Å². The number of benzene rings is 2. The first-order valence-corrected chi connectivity index (χ1v) is 9.16. The SMILES string of the molecule is COc1cc2c(cc1OCc1ccccc1)C(CC(C)C)N(C)CC2. The maximum atomic E-state index is 6.13. The van der Waals surface area contributed by atoms with Crippen molar-refractivity contribution < 1.29 is 9.47 Å². The monoisotopic (exact) mass is 339 g/mol.